The number of carbonyl (C=O) groups excluding carboxylic acids is 1. The van der Waals surface area contributed by atoms with Gasteiger partial charge in [0, 0.05) is 18.0 Å². The quantitative estimate of drug-likeness (QED) is 0.545. The number of hydrogen-bond acceptors (Lipinski definition) is 4. The molecular weight excluding hydrogens is 385 g/mol. The van der Waals surface area contributed by atoms with E-state index >= 15 is 0 Å². The number of hydrogen-bond donors (Lipinski definition) is 2. The first-order chi connectivity index (χ1) is 13.9. The standard InChI is InChI=1S/C19H13F3N6O/c20-19(21,22)16-7-9-28(27-16)13-5-3-4-12(10-13)18(29)25-15-11-24-26-17(15)14-6-1-2-8-23-14/h1-11H,(H,24,26)(H,25,29). The number of anilines is 1. The fourth-order valence-corrected chi connectivity index (χ4v) is 2.69. The van der Waals surface area contributed by atoms with Crippen molar-refractivity contribution >= 4 is 11.6 Å². The molecule has 146 valence electrons. The number of nitrogens with one attached hydrogen (secondary N) is 2. The third-order valence-electron chi connectivity index (χ3n) is 4.06. The predicted molar refractivity (Wildman–Crippen MR) is 98.3 cm³/mol. The number of alkyl halides is 3. The van der Waals surface area contributed by atoms with Crippen LogP contribution in [0.5, 0.6) is 0 Å². The van der Waals surface area contributed by atoms with Gasteiger partial charge in [-0.1, -0.05) is 12.1 Å². The molecule has 3 aromatic heterocycles. The lowest BCUT2D eigenvalue weighted by Gasteiger charge is -2.08. The van der Waals surface area contributed by atoms with E-state index in [9.17, 15) is 18.0 Å². The maximum atomic E-state index is 12.8. The second kappa shape index (κ2) is 7.23. The van der Waals surface area contributed by atoms with Crippen LogP contribution in [0, 0.1) is 0 Å². The SMILES string of the molecule is O=C(Nc1cn[nH]c1-c1ccccn1)c1cccc(-n2ccc(C(F)(F)F)n2)c1. The molecule has 4 rings (SSSR count). The molecule has 0 spiro atoms. The maximum absolute atomic E-state index is 12.8. The van der Waals surface area contributed by atoms with Gasteiger partial charge >= 0.3 is 6.18 Å². The van der Waals surface area contributed by atoms with E-state index in [2.05, 4.69) is 25.6 Å². The summed E-state index contributed by atoms with van der Waals surface area (Å²) < 4.78 is 39.3. The number of benzene rings is 1. The lowest BCUT2D eigenvalue weighted by Crippen LogP contribution is -2.13. The third kappa shape index (κ3) is 3.86. The summed E-state index contributed by atoms with van der Waals surface area (Å²) in [7, 11) is 0. The van der Waals surface area contributed by atoms with Crippen molar-refractivity contribution in [2.45, 2.75) is 6.18 Å². The topological polar surface area (TPSA) is 88.5 Å². The third-order valence-corrected chi connectivity index (χ3v) is 4.06. The van der Waals surface area contributed by atoms with E-state index in [-0.39, 0.29) is 5.56 Å². The molecule has 0 atom stereocenters. The van der Waals surface area contributed by atoms with Crippen LogP contribution in [-0.2, 0) is 6.18 Å². The first-order valence-corrected chi connectivity index (χ1v) is 8.41. The van der Waals surface area contributed by atoms with Gasteiger partial charge in [0.05, 0.1) is 23.3 Å². The summed E-state index contributed by atoms with van der Waals surface area (Å²) in [4.78, 5) is 16.9. The van der Waals surface area contributed by atoms with Crippen molar-refractivity contribution in [3.05, 3.63) is 78.4 Å². The highest BCUT2D eigenvalue weighted by molar-refractivity contribution is 6.06. The van der Waals surface area contributed by atoms with Crippen molar-refractivity contribution < 1.29 is 18.0 Å². The zero-order valence-corrected chi connectivity index (χ0v) is 14.7. The number of aromatic nitrogens is 5. The minimum absolute atomic E-state index is 0.250. The highest BCUT2D eigenvalue weighted by Crippen LogP contribution is 2.28. The molecule has 0 bridgehead atoms. The van der Waals surface area contributed by atoms with E-state index in [1.165, 1.54) is 18.5 Å². The fraction of sp³-hybridized carbons (Fsp3) is 0.0526. The van der Waals surface area contributed by atoms with Gasteiger partial charge in [0.25, 0.3) is 5.91 Å². The van der Waals surface area contributed by atoms with Crippen molar-refractivity contribution in [3.63, 3.8) is 0 Å². The van der Waals surface area contributed by atoms with Gasteiger partial charge in [0.2, 0.25) is 0 Å². The number of carbonyl (C=O) groups is 1. The number of nitrogens with zero attached hydrogens (tertiary/aromatic N) is 4. The number of halogens is 3. The van der Waals surface area contributed by atoms with Gasteiger partial charge in [-0.15, -0.1) is 0 Å². The van der Waals surface area contributed by atoms with Crippen LogP contribution in [0.15, 0.2) is 67.1 Å². The van der Waals surface area contributed by atoms with Gasteiger partial charge in [-0.2, -0.15) is 23.4 Å². The summed E-state index contributed by atoms with van der Waals surface area (Å²) in [5.74, 6) is -0.450. The van der Waals surface area contributed by atoms with E-state index in [1.54, 1.807) is 42.6 Å². The van der Waals surface area contributed by atoms with Crippen molar-refractivity contribution in [3.8, 4) is 17.1 Å². The number of H-pyrrole nitrogens is 1. The van der Waals surface area contributed by atoms with Gasteiger partial charge in [-0.3, -0.25) is 14.9 Å². The Morgan fingerprint density at radius 2 is 1.97 bits per heavy atom. The normalized spacial score (nSPS) is 11.4. The maximum Gasteiger partial charge on any atom is 0.435 e. The first-order valence-electron chi connectivity index (χ1n) is 8.41. The minimum atomic E-state index is -4.54. The van der Waals surface area contributed by atoms with Gasteiger partial charge in [0.15, 0.2) is 5.69 Å². The van der Waals surface area contributed by atoms with Crippen LogP contribution >= 0.6 is 0 Å². The molecule has 0 saturated heterocycles. The number of aromatic amines is 1. The zero-order chi connectivity index (χ0) is 20.4. The Morgan fingerprint density at radius 3 is 2.69 bits per heavy atom. The molecule has 4 aromatic rings. The van der Waals surface area contributed by atoms with Crippen LogP contribution < -0.4 is 5.32 Å². The first kappa shape index (κ1) is 18.4. The molecule has 0 aliphatic carbocycles. The second-order valence-electron chi connectivity index (χ2n) is 6.02. The largest absolute Gasteiger partial charge is 0.435 e. The smallest absolute Gasteiger partial charge is 0.319 e. The molecule has 1 amide bonds. The van der Waals surface area contributed by atoms with Crippen LogP contribution in [0.1, 0.15) is 16.1 Å². The van der Waals surface area contributed by atoms with Crippen molar-refractivity contribution in [2.75, 3.05) is 5.32 Å². The predicted octanol–water partition coefficient (Wildman–Crippen LogP) is 3.93. The molecule has 29 heavy (non-hydrogen) atoms. The Kier molecular flexibility index (Phi) is 4.59. The van der Waals surface area contributed by atoms with Gasteiger partial charge < -0.3 is 5.32 Å². The van der Waals surface area contributed by atoms with Crippen LogP contribution in [0.3, 0.4) is 0 Å². The lowest BCUT2D eigenvalue weighted by atomic mass is 10.1. The average Bonchev–Trinajstić information content (AvgIpc) is 3.38. The monoisotopic (exact) mass is 398 g/mol. The molecule has 0 radical (unpaired) electrons. The summed E-state index contributed by atoms with van der Waals surface area (Å²) in [5.41, 5.74) is 1.13. The van der Waals surface area contributed by atoms with Crippen LogP contribution in [0.25, 0.3) is 17.1 Å². The van der Waals surface area contributed by atoms with Crippen molar-refractivity contribution in [1.82, 2.24) is 25.0 Å². The van der Waals surface area contributed by atoms with Crippen LogP contribution in [-0.4, -0.2) is 30.9 Å². The van der Waals surface area contributed by atoms with E-state index in [1.807, 2.05) is 0 Å². The molecule has 0 aliphatic heterocycles. The summed E-state index contributed by atoms with van der Waals surface area (Å²) in [6, 6.07) is 12.3. The van der Waals surface area contributed by atoms with Crippen LogP contribution in [0.2, 0.25) is 0 Å². The molecule has 10 heteroatoms. The fourth-order valence-electron chi connectivity index (χ4n) is 2.69. The van der Waals surface area contributed by atoms with Gasteiger partial charge in [-0.05, 0) is 36.4 Å². The van der Waals surface area contributed by atoms with E-state index in [0.29, 0.717) is 22.8 Å². The highest BCUT2D eigenvalue weighted by Gasteiger charge is 2.33. The lowest BCUT2D eigenvalue weighted by molar-refractivity contribution is -0.141. The molecule has 1 aromatic carbocycles. The Balaban J connectivity index is 1.58. The molecule has 2 N–H and O–H groups in total. The molecule has 0 fully saturated rings. The second-order valence-corrected chi connectivity index (χ2v) is 6.02. The van der Waals surface area contributed by atoms with E-state index in [4.69, 9.17) is 0 Å². The van der Waals surface area contributed by atoms with Gasteiger partial charge in [0.1, 0.15) is 5.69 Å². The summed E-state index contributed by atoms with van der Waals surface area (Å²) in [6.45, 7) is 0. The Labute approximate surface area is 162 Å². The number of amides is 1. The highest BCUT2D eigenvalue weighted by atomic mass is 19.4. The number of pyridine rings is 1. The molecule has 7 nitrogen and oxygen atoms in total. The Morgan fingerprint density at radius 1 is 1.10 bits per heavy atom. The average molecular weight is 398 g/mol. The molecule has 0 unspecified atom stereocenters. The van der Waals surface area contributed by atoms with Crippen molar-refractivity contribution in [2.24, 2.45) is 0 Å². The zero-order valence-electron chi connectivity index (χ0n) is 14.7. The summed E-state index contributed by atoms with van der Waals surface area (Å²) in [5, 5.41) is 13.0. The van der Waals surface area contributed by atoms with Gasteiger partial charge in [-0.25, -0.2) is 4.68 Å². The van der Waals surface area contributed by atoms with E-state index in [0.717, 1.165) is 10.7 Å². The summed E-state index contributed by atoms with van der Waals surface area (Å²) >= 11 is 0. The molecule has 0 aliphatic rings. The Bertz CT molecular complexity index is 1150. The van der Waals surface area contributed by atoms with Crippen LogP contribution in [0.4, 0.5) is 18.9 Å². The molecule has 0 saturated carbocycles. The molecular formula is C19H13F3N6O. The van der Waals surface area contributed by atoms with Crippen molar-refractivity contribution in [1.29, 1.82) is 0 Å². The number of rotatable bonds is 4. The Hall–Kier alpha value is -3.95. The summed E-state index contributed by atoms with van der Waals surface area (Å²) in [6.07, 6.45) is -0.280. The molecule has 3 heterocycles. The minimum Gasteiger partial charge on any atom is -0.319 e. The van der Waals surface area contributed by atoms with E-state index < -0.39 is 17.8 Å².